The molecule has 0 spiro atoms. The molecular formula is C17H28N2O3S. The largest absolute Gasteiger partial charge is 0.355 e. The van der Waals surface area contributed by atoms with Crippen molar-refractivity contribution in [2.24, 2.45) is 5.92 Å². The molecule has 0 aliphatic heterocycles. The van der Waals surface area contributed by atoms with Crippen molar-refractivity contribution >= 4 is 15.9 Å². The number of carbonyl (C=O) groups excluding carboxylic acids is 1. The van der Waals surface area contributed by atoms with E-state index in [9.17, 15) is 13.2 Å². The number of sulfonamides is 1. The van der Waals surface area contributed by atoms with Crippen molar-refractivity contribution in [3.05, 3.63) is 28.8 Å². The van der Waals surface area contributed by atoms with Crippen LogP contribution in [0.3, 0.4) is 0 Å². The van der Waals surface area contributed by atoms with Crippen molar-refractivity contribution in [3.63, 3.8) is 0 Å². The lowest BCUT2D eigenvalue weighted by molar-refractivity contribution is -0.121. The molecule has 23 heavy (non-hydrogen) atoms. The summed E-state index contributed by atoms with van der Waals surface area (Å²) in [6.07, 6.45) is 0.873. The van der Waals surface area contributed by atoms with Gasteiger partial charge in [-0.05, 0) is 44.2 Å². The van der Waals surface area contributed by atoms with Gasteiger partial charge in [0.2, 0.25) is 15.9 Å². The number of hydrogen-bond acceptors (Lipinski definition) is 3. The molecule has 0 radical (unpaired) electrons. The van der Waals surface area contributed by atoms with Crippen LogP contribution in [0.1, 0.15) is 37.0 Å². The van der Waals surface area contributed by atoms with Crippen LogP contribution >= 0.6 is 0 Å². The van der Waals surface area contributed by atoms with Gasteiger partial charge in [0.15, 0.2) is 0 Å². The molecule has 6 heteroatoms. The van der Waals surface area contributed by atoms with E-state index in [1.807, 2.05) is 19.1 Å². The molecule has 1 amide bonds. The van der Waals surface area contributed by atoms with Gasteiger partial charge in [0, 0.05) is 13.6 Å². The maximum Gasteiger partial charge on any atom is 0.243 e. The zero-order valence-corrected chi connectivity index (χ0v) is 15.8. The summed E-state index contributed by atoms with van der Waals surface area (Å²) in [6, 6.07) is 3.69. The average molecular weight is 340 g/mol. The molecule has 0 saturated heterocycles. The first-order valence-electron chi connectivity index (χ1n) is 7.86. The van der Waals surface area contributed by atoms with Crippen LogP contribution in [-0.4, -0.2) is 38.8 Å². The monoisotopic (exact) mass is 340 g/mol. The molecule has 1 aromatic rings. The number of hydrogen-bond donors (Lipinski definition) is 1. The first-order valence-corrected chi connectivity index (χ1v) is 9.30. The number of aryl methyl sites for hydroxylation is 3. The molecule has 0 aliphatic carbocycles. The van der Waals surface area contributed by atoms with Crippen molar-refractivity contribution in [3.8, 4) is 0 Å². The molecule has 0 bridgehead atoms. The van der Waals surface area contributed by atoms with Crippen LogP contribution in [0.5, 0.6) is 0 Å². The molecule has 5 nitrogen and oxygen atoms in total. The molecule has 1 rings (SSSR count). The summed E-state index contributed by atoms with van der Waals surface area (Å²) in [7, 11) is -2.24. The van der Waals surface area contributed by atoms with E-state index in [1.165, 1.54) is 7.05 Å². The normalized spacial score (nSPS) is 12.0. The summed E-state index contributed by atoms with van der Waals surface area (Å²) in [5.41, 5.74) is 2.43. The highest BCUT2D eigenvalue weighted by Gasteiger charge is 2.26. The second-order valence-electron chi connectivity index (χ2n) is 6.52. The zero-order valence-electron chi connectivity index (χ0n) is 14.9. The molecule has 0 heterocycles. The third-order valence-electron chi connectivity index (χ3n) is 3.68. The van der Waals surface area contributed by atoms with Gasteiger partial charge in [-0.2, -0.15) is 4.31 Å². The highest BCUT2D eigenvalue weighted by molar-refractivity contribution is 7.89. The highest BCUT2D eigenvalue weighted by Crippen LogP contribution is 2.24. The van der Waals surface area contributed by atoms with Crippen molar-refractivity contribution in [1.82, 2.24) is 9.62 Å². The Kier molecular flexibility index (Phi) is 6.77. The van der Waals surface area contributed by atoms with Crippen LogP contribution in [0, 0.1) is 26.7 Å². The van der Waals surface area contributed by atoms with Gasteiger partial charge in [0.25, 0.3) is 0 Å². The molecule has 1 aromatic carbocycles. The Bertz CT molecular complexity index is 643. The standard InChI is InChI=1S/C17H28N2O3S/c1-12(2)7-8-18-16(20)11-19(6)23(21,22)17-14(4)9-13(3)10-15(17)5/h9-10,12H,7-8,11H2,1-6H3,(H,18,20). The predicted octanol–water partition coefficient (Wildman–Crippen LogP) is 2.39. The second kappa shape index (κ2) is 7.93. The number of benzene rings is 1. The lowest BCUT2D eigenvalue weighted by Gasteiger charge is -2.20. The molecule has 130 valence electrons. The summed E-state index contributed by atoms with van der Waals surface area (Å²) in [5.74, 6) is 0.216. The topological polar surface area (TPSA) is 66.5 Å². The minimum absolute atomic E-state index is 0.173. The SMILES string of the molecule is Cc1cc(C)c(S(=O)(=O)N(C)CC(=O)NCCC(C)C)c(C)c1. The molecular weight excluding hydrogens is 312 g/mol. The Morgan fingerprint density at radius 3 is 2.17 bits per heavy atom. The molecule has 0 atom stereocenters. The van der Waals surface area contributed by atoms with Gasteiger partial charge >= 0.3 is 0 Å². The quantitative estimate of drug-likeness (QED) is 0.829. The highest BCUT2D eigenvalue weighted by atomic mass is 32.2. The number of nitrogens with zero attached hydrogens (tertiary/aromatic N) is 1. The van der Waals surface area contributed by atoms with E-state index in [-0.39, 0.29) is 12.5 Å². The predicted molar refractivity (Wildman–Crippen MR) is 92.9 cm³/mol. The van der Waals surface area contributed by atoms with Crippen molar-refractivity contribution in [1.29, 1.82) is 0 Å². The number of carbonyl (C=O) groups is 1. The fourth-order valence-corrected chi connectivity index (χ4v) is 4.10. The first kappa shape index (κ1) is 19.6. The van der Waals surface area contributed by atoms with Crippen LogP contribution in [0.2, 0.25) is 0 Å². The Balaban J connectivity index is 2.86. The fourth-order valence-electron chi connectivity index (χ4n) is 2.57. The van der Waals surface area contributed by atoms with Gasteiger partial charge in [0.05, 0.1) is 11.4 Å². The van der Waals surface area contributed by atoms with E-state index in [4.69, 9.17) is 0 Å². The molecule has 0 aromatic heterocycles. The first-order chi connectivity index (χ1) is 10.6. The maximum absolute atomic E-state index is 12.7. The second-order valence-corrected chi connectivity index (χ2v) is 8.50. The van der Waals surface area contributed by atoms with Crippen molar-refractivity contribution in [2.75, 3.05) is 20.1 Å². The van der Waals surface area contributed by atoms with Gasteiger partial charge in [-0.15, -0.1) is 0 Å². The third kappa shape index (κ3) is 5.32. The Labute approximate surface area is 140 Å². The van der Waals surface area contributed by atoms with Crippen LogP contribution in [0.15, 0.2) is 17.0 Å². The van der Waals surface area contributed by atoms with Crippen LogP contribution in [0.25, 0.3) is 0 Å². The summed E-state index contributed by atoms with van der Waals surface area (Å²) < 4.78 is 26.6. The fraction of sp³-hybridized carbons (Fsp3) is 0.588. The van der Waals surface area contributed by atoms with Gasteiger partial charge < -0.3 is 5.32 Å². The number of likely N-dealkylation sites (N-methyl/N-ethyl adjacent to an activating group) is 1. The summed E-state index contributed by atoms with van der Waals surface area (Å²) in [5, 5.41) is 2.76. The van der Waals surface area contributed by atoms with E-state index in [2.05, 4.69) is 19.2 Å². The molecule has 0 saturated carbocycles. The minimum Gasteiger partial charge on any atom is -0.355 e. The zero-order chi connectivity index (χ0) is 17.8. The summed E-state index contributed by atoms with van der Waals surface area (Å²) >= 11 is 0. The van der Waals surface area contributed by atoms with E-state index in [0.717, 1.165) is 16.3 Å². The minimum atomic E-state index is -3.68. The Hall–Kier alpha value is -1.40. The van der Waals surface area contributed by atoms with Crippen molar-refractivity contribution < 1.29 is 13.2 Å². The number of amides is 1. The van der Waals surface area contributed by atoms with Crippen LogP contribution in [0.4, 0.5) is 0 Å². The van der Waals surface area contributed by atoms with Gasteiger partial charge in [-0.1, -0.05) is 31.5 Å². The van der Waals surface area contributed by atoms with Crippen LogP contribution in [-0.2, 0) is 14.8 Å². The number of rotatable bonds is 7. The summed E-state index contributed by atoms with van der Waals surface area (Å²) in [4.78, 5) is 12.2. The Morgan fingerprint density at radius 2 is 1.70 bits per heavy atom. The van der Waals surface area contributed by atoms with E-state index >= 15 is 0 Å². The summed E-state index contributed by atoms with van der Waals surface area (Å²) in [6.45, 7) is 10.0. The lowest BCUT2D eigenvalue weighted by atomic mass is 10.1. The lowest BCUT2D eigenvalue weighted by Crippen LogP contribution is -2.39. The van der Waals surface area contributed by atoms with E-state index < -0.39 is 10.0 Å². The maximum atomic E-state index is 12.7. The average Bonchev–Trinajstić information content (AvgIpc) is 2.36. The van der Waals surface area contributed by atoms with Crippen LogP contribution < -0.4 is 5.32 Å². The molecule has 0 aliphatic rings. The third-order valence-corrected chi connectivity index (χ3v) is 5.79. The van der Waals surface area contributed by atoms with E-state index in [1.54, 1.807) is 13.8 Å². The Morgan fingerprint density at radius 1 is 1.17 bits per heavy atom. The molecule has 0 fully saturated rings. The van der Waals surface area contributed by atoms with Gasteiger partial charge in [-0.3, -0.25) is 4.79 Å². The molecule has 1 N–H and O–H groups in total. The van der Waals surface area contributed by atoms with Gasteiger partial charge in [0.1, 0.15) is 0 Å². The van der Waals surface area contributed by atoms with Crippen molar-refractivity contribution in [2.45, 2.75) is 45.9 Å². The smallest absolute Gasteiger partial charge is 0.243 e. The molecule has 0 unspecified atom stereocenters. The van der Waals surface area contributed by atoms with E-state index in [0.29, 0.717) is 28.5 Å². The number of nitrogens with one attached hydrogen (secondary N) is 1. The van der Waals surface area contributed by atoms with Gasteiger partial charge in [-0.25, -0.2) is 8.42 Å².